The highest BCUT2D eigenvalue weighted by molar-refractivity contribution is 9.10. The van der Waals surface area contributed by atoms with Gasteiger partial charge in [0, 0.05) is 9.35 Å². The van der Waals surface area contributed by atoms with E-state index in [1.807, 2.05) is 12.1 Å². The second-order valence-electron chi connectivity index (χ2n) is 6.63. The highest BCUT2D eigenvalue weighted by Crippen LogP contribution is 2.39. The number of carbonyl (C=O) groups is 2. The monoisotopic (exact) mass is 436 g/mol. The van der Waals surface area contributed by atoms with Crippen molar-refractivity contribution in [2.75, 3.05) is 5.32 Å². The van der Waals surface area contributed by atoms with Crippen LogP contribution >= 0.6 is 27.3 Å². The number of hydrogen-bond donors (Lipinski definition) is 2. The largest absolute Gasteiger partial charge is 0.481 e. The SMILES string of the molecule is C[C@H]1CCc2c(sc(NC(=O)[C@H](C)Oc3cccc(Br)c3)c2C(N)=O)C1. The first-order chi connectivity index (χ1) is 12.3. The van der Waals surface area contributed by atoms with Crippen LogP contribution in [0.5, 0.6) is 5.75 Å². The summed E-state index contributed by atoms with van der Waals surface area (Å²) in [5, 5.41) is 3.37. The Hall–Kier alpha value is -1.86. The molecule has 1 aliphatic carbocycles. The zero-order valence-corrected chi connectivity index (χ0v) is 17.1. The highest BCUT2D eigenvalue weighted by atomic mass is 79.9. The molecule has 1 heterocycles. The van der Waals surface area contributed by atoms with Gasteiger partial charge in [-0.25, -0.2) is 0 Å². The summed E-state index contributed by atoms with van der Waals surface area (Å²) in [5.74, 6) is 0.368. The first kappa shape index (κ1) is 18.9. The summed E-state index contributed by atoms with van der Waals surface area (Å²) < 4.78 is 6.57. The first-order valence-corrected chi connectivity index (χ1v) is 10.1. The zero-order valence-electron chi connectivity index (χ0n) is 14.7. The second-order valence-corrected chi connectivity index (χ2v) is 8.65. The fourth-order valence-corrected chi connectivity index (χ4v) is 4.91. The number of primary amides is 1. The van der Waals surface area contributed by atoms with Crippen molar-refractivity contribution in [3.05, 3.63) is 44.7 Å². The number of amides is 2. The Labute approximate surface area is 165 Å². The second kappa shape index (κ2) is 7.80. The number of fused-ring (bicyclic) bond motifs is 1. The molecule has 138 valence electrons. The molecule has 7 heteroatoms. The van der Waals surface area contributed by atoms with Gasteiger partial charge in [0.2, 0.25) is 0 Å². The molecule has 0 spiro atoms. The van der Waals surface area contributed by atoms with Crippen molar-refractivity contribution in [3.63, 3.8) is 0 Å². The van der Waals surface area contributed by atoms with E-state index in [9.17, 15) is 9.59 Å². The van der Waals surface area contributed by atoms with Crippen LogP contribution in [0, 0.1) is 5.92 Å². The standard InChI is InChI=1S/C19H21BrN2O3S/c1-10-6-7-14-15(8-10)26-19(16(14)17(21)23)22-18(24)11(2)25-13-5-3-4-12(20)9-13/h3-5,9-11H,6-8H2,1-2H3,(H2,21,23)(H,22,24)/t10-,11-/m0/s1. The summed E-state index contributed by atoms with van der Waals surface area (Å²) in [5.41, 5.74) is 7.04. The molecule has 2 amide bonds. The van der Waals surface area contributed by atoms with Crippen molar-refractivity contribution in [1.29, 1.82) is 0 Å². The van der Waals surface area contributed by atoms with Gasteiger partial charge in [0.25, 0.3) is 11.8 Å². The zero-order chi connectivity index (χ0) is 18.8. The molecular formula is C19H21BrN2O3S. The maximum atomic E-state index is 12.6. The molecule has 0 unspecified atom stereocenters. The van der Waals surface area contributed by atoms with Crippen LogP contribution in [-0.4, -0.2) is 17.9 Å². The number of hydrogen-bond acceptors (Lipinski definition) is 4. The van der Waals surface area contributed by atoms with Crippen LogP contribution in [0.15, 0.2) is 28.7 Å². The van der Waals surface area contributed by atoms with Gasteiger partial charge in [-0.2, -0.15) is 0 Å². The minimum atomic E-state index is -0.705. The Kier molecular flexibility index (Phi) is 5.67. The van der Waals surface area contributed by atoms with Crippen LogP contribution < -0.4 is 15.8 Å². The molecular weight excluding hydrogens is 416 g/mol. The molecule has 3 N–H and O–H groups in total. The summed E-state index contributed by atoms with van der Waals surface area (Å²) in [6.45, 7) is 3.87. The molecule has 0 radical (unpaired) electrons. The number of rotatable bonds is 5. The molecule has 0 aliphatic heterocycles. The number of halogens is 1. The number of ether oxygens (including phenoxy) is 1. The van der Waals surface area contributed by atoms with E-state index < -0.39 is 12.0 Å². The van der Waals surface area contributed by atoms with E-state index in [-0.39, 0.29) is 5.91 Å². The molecule has 1 aromatic heterocycles. The topological polar surface area (TPSA) is 81.4 Å². The average Bonchev–Trinajstić information content (AvgIpc) is 2.91. The van der Waals surface area contributed by atoms with Gasteiger partial charge >= 0.3 is 0 Å². The van der Waals surface area contributed by atoms with Crippen LogP contribution in [0.4, 0.5) is 5.00 Å². The van der Waals surface area contributed by atoms with Gasteiger partial charge in [0.15, 0.2) is 6.10 Å². The third-order valence-electron chi connectivity index (χ3n) is 4.47. The van der Waals surface area contributed by atoms with E-state index >= 15 is 0 Å². The molecule has 1 aliphatic rings. The lowest BCUT2D eigenvalue weighted by Crippen LogP contribution is -2.30. The van der Waals surface area contributed by atoms with Crippen molar-refractivity contribution in [1.82, 2.24) is 0 Å². The molecule has 26 heavy (non-hydrogen) atoms. The van der Waals surface area contributed by atoms with Gasteiger partial charge < -0.3 is 15.8 Å². The normalized spacial score (nSPS) is 17.3. The Morgan fingerprint density at radius 2 is 2.19 bits per heavy atom. The molecule has 0 saturated heterocycles. The van der Waals surface area contributed by atoms with E-state index in [1.54, 1.807) is 19.1 Å². The highest BCUT2D eigenvalue weighted by Gasteiger charge is 2.28. The number of carbonyl (C=O) groups excluding carboxylic acids is 2. The van der Waals surface area contributed by atoms with Crippen LogP contribution in [0.1, 0.15) is 41.1 Å². The predicted molar refractivity (Wildman–Crippen MR) is 107 cm³/mol. The van der Waals surface area contributed by atoms with Gasteiger partial charge in [-0.05, 0) is 55.9 Å². The molecule has 2 aromatic rings. The Morgan fingerprint density at radius 3 is 2.88 bits per heavy atom. The van der Waals surface area contributed by atoms with Crippen molar-refractivity contribution in [2.24, 2.45) is 11.7 Å². The number of anilines is 1. The quantitative estimate of drug-likeness (QED) is 0.738. The van der Waals surface area contributed by atoms with Gasteiger partial charge in [-0.1, -0.05) is 28.9 Å². The minimum absolute atomic E-state index is 0.306. The van der Waals surface area contributed by atoms with E-state index in [2.05, 4.69) is 28.2 Å². The Balaban J connectivity index is 1.77. The summed E-state index contributed by atoms with van der Waals surface area (Å²) in [6, 6.07) is 7.30. The molecule has 5 nitrogen and oxygen atoms in total. The lowest BCUT2D eigenvalue weighted by Gasteiger charge is -2.18. The third-order valence-corrected chi connectivity index (χ3v) is 6.14. The molecule has 2 atom stereocenters. The number of nitrogens with two attached hydrogens (primary N) is 1. The van der Waals surface area contributed by atoms with E-state index in [1.165, 1.54) is 11.3 Å². The molecule has 0 saturated carbocycles. The lowest BCUT2D eigenvalue weighted by molar-refractivity contribution is -0.122. The number of thiophene rings is 1. The van der Waals surface area contributed by atoms with Crippen LogP contribution in [0.25, 0.3) is 0 Å². The Morgan fingerprint density at radius 1 is 1.42 bits per heavy atom. The number of benzene rings is 1. The van der Waals surface area contributed by atoms with E-state index in [4.69, 9.17) is 10.5 Å². The van der Waals surface area contributed by atoms with Crippen LogP contribution in [0.3, 0.4) is 0 Å². The van der Waals surface area contributed by atoms with Crippen molar-refractivity contribution < 1.29 is 14.3 Å². The minimum Gasteiger partial charge on any atom is -0.481 e. The molecule has 0 bridgehead atoms. The van der Waals surface area contributed by atoms with Crippen LogP contribution in [0.2, 0.25) is 0 Å². The summed E-state index contributed by atoms with van der Waals surface area (Å²) >= 11 is 4.83. The van der Waals surface area contributed by atoms with Crippen molar-refractivity contribution in [2.45, 2.75) is 39.2 Å². The van der Waals surface area contributed by atoms with Gasteiger partial charge in [-0.3, -0.25) is 9.59 Å². The van der Waals surface area contributed by atoms with Gasteiger partial charge in [0.05, 0.1) is 5.56 Å². The summed E-state index contributed by atoms with van der Waals surface area (Å²) in [4.78, 5) is 25.7. The average molecular weight is 437 g/mol. The van der Waals surface area contributed by atoms with Gasteiger partial charge in [0.1, 0.15) is 10.8 Å². The van der Waals surface area contributed by atoms with Crippen molar-refractivity contribution >= 4 is 44.1 Å². The molecule has 3 rings (SSSR count). The maximum absolute atomic E-state index is 12.6. The molecule has 1 aromatic carbocycles. The lowest BCUT2D eigenvalue weighted by atomic mass is 9.88. The van der Waals surface area contributed by atoms with Gasteiger partial charge in [-0.15, -0.1) is 11.3 Å². The summed E-state index contributed by atoms with van der Waals surface area (Å²) in [6.07, 6.45) is 2.06. The third kappa shape index (κ3) is 4.10. The first-order valence-electron chi connectivity index (χ1n) is 8.52. The van der Waals surface area contributed by atoms with E-state index in [0.717, 1.165) is 34.2 Å². The predicted octanol–water partition coefficient (Wildman–Crippen LogP) is 4.14. The Bertz CT molecular complexity index is 849. The van der Waals surface area contributed by atoms with Crippen LogP contribution in [-0.2, 0) is 17.6 Å². The fraction of sp³-hybridized carbons (Fsp3) is 0.368. The van der Waals surface area contributed by atoms with E-state index in [0.29, 0.717) is 22.2 Å². The number of nitrogens with one attached hydrogen (secondary N) is 1. The molecule has 0 fully saturated rings. The maximum Gasteiger partial charge on any atom is 0.265 e. The fourth-order valence-electron chi connectivity index (χ4n) is 3.11. The smallest absolute Gasteiger partial charge is 0.265 e. The van der Waals surface area contributed by atoms with Crippen molar-refractivity contribution in [3.8, 4) is 5.75 Å². The summed E-state index contributed by atoms with van der Waals surface area (Å²) in [7, 11) is 0.